The van der Waals surface area contributed by atoms with Crippen LogP contribution in [0, 0.1) is 5.92 Å². The Morgan fingerprint density at radius 2 is 2.00 bits per heavy atom. The van der Waals surface area contributed by atoms with Gasteiger partial charge in [-0.2, -0.15) is 0 Å². The molecule has 2 nitrogen and oxygen atoms in total. The quantitative estimate of drug-likeness (QED) is 0.700. The largest absolute Gasteiger partial charge is 0.314 e. The van der Waals surface area contributed by atoms with Gasteiger partial charge >= 0.3 is 0 Å². The molecule has 1 N–H and O–H groups in total. The summed E-state index contributed by atoms with van der Waals surface area (Å²) in [5.74, 6) is 0.883. The summed E-state index contributed by atoms with van der Waals surface area (Å²) in [4.78, 5) is 2.52. The molecule has 1 fully saturated rings. The molecule has 0 aromatic carbocycles. The van der Waals surface area contributed by atoms with Crippen molar-refractivity contribution in [2.45, 2.75) is 39.7 Å². The van der Waals surface area contributed by atoms with Crippen LogP contribution in [0.4, 0.5) is 0 Å². The molecule has 0 amide bonds. The van der Waals surface area contributed by atoms with Gasteiger partial charge in [-0.3, -0.25) is 4.90 Å². The molecule has 0 spiro atoms. The summed E-state index contributed by atoms with van der Waals surface area (Å²) in [5.41, 5.74) is 1.29. The van der Waals surface area contributed by atoms with E-state index in [0.717, 1.165) is 12.5 Å². The van der Waals surface area contributed by atoms with Crippen LogP contribution in [0.5, 0.6) is 0 Å². The lowest BCUT2D eigenvalue weighted by atomic mass is 9.96. The number of nitrogens with zero attached hydrogens (tertiary/aromatic N) is 1. The Balaban J connectivity index is 2.15. The average molecular weight is 210 g/mol. The third-order valence-electron chi connectivity index (χ3n) is 3.02. The van der Waals surface area contributed by atoms with Gasteiger partial charge in [-0.1, -0.05) is 26.0 Å². The minimum Gasteiger partial charge on any atom is -0.314 e. The molecule has 0 aromatic heterocycles. The van der Waals surface area contributed by atoms with Crippen LogP contribution in [-0.2, 0) is 0 Å². The lowest BCUT2D eigenvalue weighted by Gasteiger charge is -2.32. The van der Waals surface area contributed by atoms with Crippen LogP contribution in [0.25, 0.3) is 0 Å². The fourth-order valence-electron chi connectivity index (χ4n) is 2.13. The summed E-state index contributed by atoms with van der Waals surface area (Å²) in [6, 6.07) is 0.624. The highest BCUT2D eigenvalue weighted by atomic mass is 15.1. The predicted octanol–water partition coefficient (Wildman–Crippen LogP) is 2.27. The first-order valence-electron chi connectivity index (χ1n) is 6.18. The molecule has 1 heterocycles. The smallest absolute Gasteiger partial charge is 0.0187 e. The Labute approximate surface area is 94.7 Å². The summed E-state index contributed by atoms with van der Waals surface area (Å²) in [6.45, 7) is 15.3. The highest BCUT2D eigenvalue weighted by Gasteiger charge is 2.18. The van der Waals surface area contributed by atoms with Gasteiger partial charge in [0.1, 0.15) is 0 Å². The maximum atomic E-state index is 3.97. The lowest BCUT2D eigenvalue weighted by Crippen LogP contribution is -2.39. The van der Waals surface area contributed by atoms with E-state index in [9.17, 15) is 0 Å². The Bertz CT molecular complexity index is 191. The van der Waals surface area contributed by atoms with Gasteiger partial charge in [0, 0.05) is 12.6 Å². The van der Waals surface area contributed by atoms with Gasteiger partial charge in [0.15, 0.2) is 0 Å². The first-order valence-corrected chi connectivity index (χ1v) is 6.18. The first kappa shape index (κ1) is 12.7. The van der Waals surface area contributed by atoms with E-state index in [1.165, 1.54) is 38.0 Å². The number of hydrogen-bond donors (Lipinski definition) is 1. The molecular weight excluding hydrogens is 184 g/mol. The van der Waals surface area contributed by atoms with Crippen molar-refractivity contribution in [3.63, 3.8) is 0 Å². The second-order valence-electron chi connectivity index (χ2n) is 5.24. The zero-order valence-electron chi connectivity index (χ0n) is 10.6. The van der Waals surface area contributed by atoms with Gasteiger partial charge in [0.2, 0.25) is 0 Å². The third-order valence-corrected chi connectivity index (χ3v) is 3.02. The molecule has 0 saturated carbocycles. The molecule has 0 radical (unpaired) electrons. The number of piperidine rings is 1. The monoisotopic (exact) mass is 210 g/mol. The molecule has 0 bridgehead atoms. The van der Waals surface area contributed by atoms with E-state index >= 15 is 0 Å². The summed E-state index contributed by atoms with van der Waals surface area (Å²) >= 11 is 0. The first-order chi connectivity index (χ1) is 7.08. The molecule has 0 atom stereocenters. The molecule has 0 aromatic rings. The van der Waals surface area contributed by atoms with Crippen molar-refractivity contribution in [2.75, 3.05) is 26.2 Å². The fraction of sp³-hybridized carbons (Fsp3) is 0.846. The van der Waals surface area contributed by atoms with Crippen LogP contribution in [0.2, 0.25) is 0 Å². The van der Waals surface area contributed by atoms with Gasteiger partial charge in [0.05, 0.1) is 0 Å². The van der Waals surface area contributed by atoms with Crippen LogP contribution in [0.1, 0.15) is 33.6 Å². The Hall–Kier alpha value is -0.340. The van der Waals surface area contributed by atoms with Crippen molar-refractivity contribution < 1.29 is 0 Å². The number of likely N-dealkylation sites (tertiary alicyclic amines) is 1. The van der Waals surface area contributed by atoms with Crippen LogP contribution in [-0.4, -0.2) is 37.1 Å². The SMILES string of the molecule is C=C(C)CN1CCC(CNC(C)C)CC1. The zero-order chi connectivity index (χ0) is 11.3. The summed E-state index contributed by atoms with van der Waals surface area (Å²) in [5, 5.41) is 3.53. The van der Waals surface area contributed by atoms with Crippen molar-refractivity contribution in [2.24, 2.45) is 5.92 Å². The van der Waals surface area contributed by atoms with Crippen LogP contribution in [0.15, 0.2) is 12.2 Å². The van der Waals surface area contributed by atoms with Gasteiger partial charge in [-0.05, 0) is 45.3 Å². The Morgan fingerprint density at radius 3 is 2.47 bits per heavy atom. The van der Waals surface area contributed by atoms with Gasteiger partial charge in [-0.25, -0.2) is 0 Å². The van der Waals surface area contributed by atoms with Crippen LogP contribution in [0.3, 0.4) is 0 Å². The molecular formula is C13H26N2. The molecule has 1 rings (SSSR count). The van der Waals surface area contributed by atoms with Crippen molar-refractivity contribution in [1.29, 1.82) is 0 Å². The minimum atomic E-state index is 0.624. The molecule has 15 heavy (non-hydrogen) atoms. The lowest BCUT2D eigenvalue weighted by molar-refractivity contribution is 0.193. The van der Waals surface area contributed by atoms with Crippen molar-refractivity contribution in [3.05, 3.63) is 12.2 Å². The molecule has 1 saturated heterocycles. The topological polar surface area (TPSA) is 15.3 Å². The van der Waals surface area contributed by atoms with Crippen LogP contribution < -0.4 is 5.32 Å². The van der Waals surface area contributed by atoms with Gasteiger partial charge < -0.3 is 5.32 Å². The van der Waals surface area contributed by atoms with Gasteiger partial charge in [0.25, 0.3) is 0 Å². The average Bonchev–Trinajstić information content (AvgIpc) is 2.16. The molecule has 1 aliphatic rings. The van der Waals surface area contributed by atoms with E-state index in [1.807, 2.05) is 0 Å². The van der Waals surface area contributed by atoms with Gasteiger partial charge in [-0.15, -0.1) is 0 Å². The number of nitrogens with one attached hydrogen (secondary N) is 1. The van der Waals surface area contributed by atoms with E-state index < -0.39 is 0 Å². The minimum absolute atomic E-state index is 0.624. The molecule has 0 aliphatic carbocycles. The van der Waals surface area contributed by atoms with E-state index in [-0.39, 0.29) is 0 Å². The Kier molecular flexibility index (Phi) is 5.34. The normalized spacial score (nSPS) is 19.7. The second kappa shape index (κ2) is 6.29. The molecule has 1 aliphatic heterocycles. The van der Waals surface area contributed by atoms with E-state index in [4.69, 9.17) is 0 Å². The zero-order valence-corrected chi connectivity index (χ0v) is 10.6. The van der Waals surface area contributed by atoms with E-state index in [0.29, 0.717) is 6.04 Å². The maximum absolute atomic E-state index is 3.97. The highest BCUT2D eigenvalue weighted by molar-refractivity contribution is 4.92. The van der Waals surface area contributed by atoms with E-state index in [1.54, 1.807) is 0 Å². The Morgan fingerprint density at radius 1 is 1.40 bits per heavy atom. The second-order valence-corrected chi connectivity index (χ2v) is 5.24. The van der Waals surface area contributed by atoms with Crippen molar-refractivity contribution in [1.82, 2.24) is 10.2 Å². The van der Waals surface area contributed by atoms with E-state index in [2.05, 4.69) is 37.6 Å². The standard InChI is InChI=1S/C13H26N2/c1-11(2)10-15-7-5-13(6-8-15)9-14-12(3)4/h12-14H,1,5-10H2,2-4H3. The molecule has 0 unspecified atom stereocenters. The molecule has 2 heteroatoms. The highest BCUT2D eigenvalue weighted by Crippen LogP contribution is 2.17. The molecule has 88 valence electrons. The number of hydrogen-bond acceptors (Lipinski definition) is 2. The number of rotatable bonds is 5. The maximum Gasteiger partial charge on any atom is 0.0187 e. The summed E-state index contributed by atoms with van der Waals surface area (Å²) < 4.78 is 0. The van der Waals surface area contributed by atoms with Crippen LogP contribution >= 0.6 is 0 Å². The summed E-state index contributed by atoms with van der Waals surface area (Å²) in [6.07, 6.45) is 2.68. The predicted molar refractivity (Wildman–Crippen MR) is 67.1 cm³/mol. The fourth-order valence-corrected chi connectivity index (χ4v) is 2.13. The van der Waals surface area contributed by atoms with Crippen molar-refractivity contribution >= 4 is 0 Å². The van der Waals surface area contributed by atoms with Crippen molar-refractivity contribution in [3.8, 4) is 0 Å². The summed E-state index contributed by atoms with van der Waals surface area (Å²) in [7, 11) is 0. The third kappa shape index (κ3) is 5.33.